The molecule has 1 saturated heterocycles. The Kier molecular flexibility index (Phi) is 4.26. The summed E-state index contributed by atoms with van der Waals surface area (Å²) in [6.07, 6.45) is 4.52. The molecule has 1 aliphatic heterocycles. The summed E-state index contributed by atoms with van der Waals surface area (Å²) in [5.74, 6) is 0.106. The number of thiazole rings is 1. The van der Waals surface area contributed by atoms with Gasteiger partial charge in [-0.05, 0) is 20.3 Å². The number of carbonyl (C=O) groups excluding carboxylic acids is 1. The molecule has 0 radical (unpaired) electrons. The molecule has 2 aromatic heterocycles. The van der Waals surface area contributed by atoms with Crippen molar-refractivity contribution >= 4 is 17.2 Å². The van der Waals surface area contributed by atoms with Crippen LogP contribution in [-0.4, -0.2) is 33.9 Å². The molecule has 6 nitrogen and oxygen atoms in total. The van der Waals surface area contributed by atoms with Crippen LogP contribution in [0.25, 0.3) is 0 Å². The fourth-order valence-corrected chi connectivity index (χ4v) is 3.42. The molecule has 0 spiro atoms. The van der Waals surface area contributed by atoms with Crippen molar-refractivity contribution in [3.8, 4) is 0 Å². The summed E-state index contributed by atoms with van der Waals surface area (Å²) < 4.78 is 7.11. The largest absolute Gasteiger partial charge is 0.381 e. The molecule has 0 bridgehead atoms. The molecule has 0 saturated carbocycles. The molecule has 2 atom stereocenters. The second-order valence-electron chi connectivity index (χ2n) is 5.67. The quantitative estimate of drug-likeness (QED) is 0.937. The van der Waals surface area contributed by atoms with E-state index in [9.17, 15) is 4.79 Å². The topological polar surface area (TPSA) is 69.0 Å². The molecule has 3 heterocycles. The van der Waals surface area contributed by atoms with E-state index in [0.29, 0.717) is 12.2 Å². The molecule has 22 heavy (non-hydrogen) atoms. The molecular formula is C15H20N4O2S. The monoisotopic (exact) mass is 320 g/mol. The Morgan fingerprint density at radius 1 is 1.59 bits per heavy atom. The number of hydrogen-bond donors (Lipinski definition) is 1. The number of carbonyl (C=O) groups is 1. The Bertz CT molecular complexity index is 673. The Hall–Kier alpha value is -1.73. The number of amides is 1. The molecule has 7 heteroatoms. The van der Waals surface area contributed by atoms with Gasteiger partial charge in [0.2, 0.25) is 0 Å². The van der Waals surface area contributed by atoms with Gasteiger partial charge in [-0.15, -0.1) is 11.3 Å². The first-order chi connectivity index (χ1) is 10.5. The first kappa shape index (κ1) is 15.2. The van der Waals surface area contributed by atoms with E-state index in [1.165, 1.54) is 0 Å². The first-order valence-corrected chi connectivity index (χ1v) is 8.20. The van der Waals surface area contributed by atoms with Crippen molar-refractivity contribution in [3.63, 3.8) is 0 Å². The lowest BCUT2D eigenvalue weighted by Crippen LogP contribution is -2.27. The van der Waals surface area contributed by atoms with Crippen molar-refractivity contribution in [2.45, 2.75) is 32.2 Å². The molecule has 2 unspecified atom stereocenters. The molecule has 1 aliphatic rings. The van der Waals surface area contributed by atoms with E-state index in [2.05, 4.69) is 15.4 Å². The number of rotatable bonds is 4. The Morgan fingerprint density at radius 3 is 3.05 bits per heavy atom. The average Bonchev–Trinajstić information content (AvgIpc) is 3.17. The highest BCUT2D eigenvalue weighted by Gasteiger charge is 2.27. The fraction of sp³-hybridized carbons (Fsp3) is 0.533. The number of hydrogen-bond acceptors (Lipinski definition) is 5. The van der Waals surface area contributed by atoms with E-state index < -0.39 is 0 Å². The minimum Gasteiger partial charge on any atom is -0.381 e. The zero-order chi connectivity index (χ0) is 15.7. The molecule has 2 aromatic rings. The number of aryl methyl sites for hydroxylation is 2. The predicted octanol–water partition coefficient (Wildman–Crippen LogP) is 2.18. The summed E-state index contributed by atoms with van der Waals surface area (Å²) in [5.41, 5.74) is 1.47. The summed E-state index contributed by atoms with van der Waals surface area (Å²) >= 11 is 1.60. The van der Waals surface area contributed by atoms with Crippen LogP contribution in [-0.2, 0) is 11.8 Å². The summed E-state index contributed by atoms with van der Waals surface area (Å²) in [6, 6.07) is -0.112. The van der Waals surface area contributed by atoms with Crippen molar-refractivity contribution < 1.29 is 9.53 Å². The summed E-state index contributed by atoms with van der Waals surface area (Å²) in [4.78, 5) is 18.1. The van der Waals surface area contributed by atoms with Crippen LogP contribution in [0.2, 0.25) is 0 Å². The van der Waals surface area contributed by atoms with Gasteiger partial charge < -0.3 is 10.1 Å². The summed E-state index contributed by atoms with van der Waals surface area (Å²) in [6.45, 7) is 5.33. The third-order valence-electron chi connectivity index (χ3n) is 3.78. The molecular weight excluding hydrogens is 300 g/mol. The van der Waals surface area contributed by atoms with E-state index in [0.717, 1.165) is 28.6 Å². The van der Waals surface area contributed by atoms with Gasteiger partial charge in [0.15, 0.2) is 0 Å². The number of nitrogens with one attached hydrogen (secondary N) is 1. The maximum absolute atomic E-state index is 12.6. The van der Waals surface area contributed by atoms with Crippen LogP contribution >= 0.6 is 11.3 Å². The standard InChI is InChI=1S/C15H20N4O2S/c1-9-6-16-15(22-9)10(2)17-14(20)12-7-19(3)18-13(12)11-4-5-21-8-11/h6-7,10-11H,4-5,8H2,1-3H3,(H,17,20). The third-order valence-corrected chi connectivity index (χ3v) is 4.87. The molecule has 3 rings (SSSR count). The molecule has 1 amide bonds. The minimum absolute atomic E-state index is 0.102. The van der Waals surface area contributed by atoms with Gasteiger partial charge in [0.1, 0.15) is 5.01 Å². The van der Waals surface area contributed by atoms with Crippen molar-refractivity contribution in [1.82, 2.24) is 20.1 Å². The lowest BCUT2D eigenvalue weighted by molar-refractivity contribution is 0.0938. The van der Waals surface area contributed by atoms with E-state index >= 15 is 0 Å². The molecule has 1 fully saturated rings. The maximum atomic E-state index is 12.6. The van der Waals surface area contributed by atoms with Crippen molar-refractivity contribution in [3.05, 3.63) is 33.5 Å². The second kappa shape index (κ2) is 6.18. The predicted molar refractivity (Wildman–Crippen MR) is 84.1 cm³/mol. The van der Waals surface area contributed by atoms with E-state index in [1.807, 2.05) is 27.1 Å². The Labute approximate surface area is 133 Å². The van der Waals surface area contributed by atoms with Gasteiger partial charge in [0, 0.05) is 36.8 Å². The van der Waals surface area contributed by atoms with Gasteiger partial charge in [-0.3, -0.25) is 9.48 Å². The Balaban J connectivity index is 1.77. The Morgan fingerprint density at radius 2 is 2.41 bits per heavy atom. The highest BCUT2D eigenvalue weighted by molar-refractivity contribution is 7.11. The van der Waals surface area contributed by atoms with Crippen LogP contribution in [0.1, 0.15) is 51.2 Å². The molecule has 0 aromatic carbocycles. The summed E-state index contributed by atoms with van der Waals surface area (Å²) in [7, 11) is 1.84. The number of nitrogens with zero attached hydrogens (tertiary/aromatic N) is 3. The molecule has 1 N–H and O–H groups in total. The van der Waals surface area contributed by atoms with Gasteiger partial charge in [-0.2, -0.15) is 5.10 Å². The number of aromatic nitrogens is 3. The van der Waals surface area contributed by atoms with E-state index in [-0.39, 0.29) is 17.9 Å². The first-order valence-electron chi connectivity index (χ1n) is 7.39. The van der Waals surface area contributed by atoms with Gasteiger partial charge in [0.25, 0.3) is 5.91 Å². The normalized spacial score (nSPS) is 19.3. The zero-order valence-corrected chi connectivity index (χ0v) is 13.8. The minimum atomic E-state index is -0.112. The van der Waals surface area contributed by atoms with Crippen molar-refractivity contribution in [1.29, 1.82) is 0 Å². The highest BCUT2D eigenvalue weighted by Crippen LogP contribution is 2.27. The molecule has 0 aliphatic carbocycles. The number of ether oxygens (including phenoxy) is 1. The van der Waals surface area contributed by atoms with Crippen LogP contribution in [0, 0.1) is 6.92 Å². The lowest BCUT2D eigenvalue weighted by Gasteiger charge is -2.12. The van der Waals surface area contributed by atoms with Gasteiger partial charge in [-0.25, -0.2) is 4.98 Å². The maximum Gasteiger partial charge on any atom is 0.255 e. The fourth-order valence-electron chi connectivity index (χ4n) is 2.64. The van der Waals surface area contributed by atoms with Crippen LogP contribution in [0.5, 0.6) is 0 Å². The van der Waals surface area contributed by atoms with Crippen LogP contribution in [0.4, 0.5) is 0 Å². The summed E-state index contributed by atoms with van der Waals surface area (Å²) in [5, 5.41) is 8.40. The van der Waals surface area contributed by atoms with Crippen molar-refractivity contribution in [2.24, 2.45) is 7.05 Å². The van der Waals surface area contributed by atoms with Crippen LogP contribution < -0.4 is 5.32 Å². The smallest absolute Gasteiger partial charge is 0.255 e. The SMILES string of the molecule is Cc1cnc(C(C)NC(=O)c2cn(C)nc2C2CCOC2)s1. The zero-order valence-electron chi connectivity index (χ0n) is 13.0. The molecule has 118 valence electrons. The highest BCUT2D eigenvalue weighted by atomic mass is 32.1. The van der Waals surface area contributed by atoms with E-state index in [1.54, 1.807) is 22.2 Å². The van der Waals surface area contributed by atoms with Gasteiger partial charge >= 0.3 is 0 Å². The lowest BCUT2D eigenvalue weighted by atomic mass is 10.0. The van der Waals surface area contributed by atoms with Crippen molar-refractivity contribution in [2.75, 3.05) is 13.2 Å². The van der Waals surface area contributed by atoms with E-state index in [4.69, 9.17) is 4.74 Å². The third kappa shape index (κ3) is 3.05. The van der Waals surface area contributed by atoms with Gasteiger partial charge in [-0.1, -0.05) is 0 Å². The van der Waals surface area contributed by atoms with Crippen LogP contribution in [0.15, 0.2) is 12.4 Å². The van der Waals surface area contributed by atoms with Gasteiger partial charge in [0.05, 0.1) is 23.9 Å². The van der Waals surface area contributed by atoms with Crippen LogP contribution in [0.3, 0.4) is 0 Å². The average molecular weight is 320 g/mol. The second-order valence-corrected chi connectivity index (χ2v) is 6.93.